The Morgan fingerprint density at radius 2 is 1.64 bits per heavy atom. The number of benzene rings is 2. The number of para-hydroxylation sites is 2. The maximum Gasteiger partial charge on any atom is 0.221 e. The molecule has 2 rings (SSSR count). The molecule has 0 aliphatic carbocycles. The van der Waals surface area contributed by atoms with E-state index in [4.69, 9.17) is 14.2 Å². The SMILES string of the molecule is COc1ccc(OCCNC(=O)CCNc2ccccc2OC)cc1. The highest BCUT2D eigenvalue weighted by Crippen LogP contribution is 2.22. The van der Waals surface area contributed by atoms with E-state index in [1.807, 2.05) is 48.5 Å². The summed E-state index contributed by atoms with van der Waals surface area (Å²) in [5, 5.41) is 6.02. The van der Waals surface area contributed by atoms with E-state index >= 15 is 0 Å². The maximum absolute atomic E-state index is 11.8. The van der Waals surface area contributed by atoms with Gasteiger partial charge in [0.15, 0.2) is 0 Å². The van der Waals surface area contributed by atoms with E-state index in [2.05, 4.69) is 10.6 Å². The minimum absolute atomic E-state index is 0.0271. The molecule has 0 radical (unpaired) electrons. The lowest BCUT2D eigenvalue weighted by Gasteiger charge is -2.11. The molecule has 0 unspecified atom stereocenters. The van der Waals surface area contributed by atoms with Crippen molar-refractivity contribution in [3.8, 4) is 17.2 Å². The summed E-state index contributed by atoms with van der Waals surface area (Å²) in [6.07, 6.45) is 0.376. The monoisotopic (exact) mass is 344 g/mol. The fourth-order valence-corrected chi connectivity index (χ4v) is 2.22. The topological polar surface area (TPSA) is 68.8 Å². The summed E-state index contributed by atoms with van der Waals surface area (Å²) in [4.78, 5) is 11.8. The molecule has 0 aliphatic rings. The van der Waals surface area contributed by atoms with Gasteiger partial charge in [-0.15, -0.1) is 0 Å². The third kappa shape index (κ3) is 6.25. The van der Waals surface area contributed by atoms with Crippen molar-refractivity contribution in [3.05, 3.63) is 48.5 Å². The summed E-state index contributed by atoms with van der Waals surface area (Å²) >= 11 is 0. The van der Waals surface area contributed by atoms with Crippen molar-refractivity contribution in [2.45, 2.75) is 6.42 Å². The van der Waals surface area contributed by atoms with Crippen LogP contribution in [0, 0.1) is 0 Å². The van der Waals surface area contributed by atoms with Crippen molar-refractivity contribution >= 4 is 11.6 Å². The first-order chi connectivity index (χ1) is 12.2. The molecule has 0 aliphatic heterocycles. The number of hydrogen-bond donors (Lipinski definition) is 2. The summed E-state index contributed by atoms with van der Waals surface area (Å²) < 4.78 is 15.9. The van der Waals surface area contributed by atoms with Gasteiger partial charge in [0, 0.05) is 13.0 Å². The number of nitrogens with one attached hydrogen (secondary N) is 2. The molecule has 2 aromatic carbocycles. The first-order valence-electron chi connectivity index (χ1n) is 8.13. The van der Waals surface area contributed by atoms with E-state index < -0.39 is 0 Å². The zero-order valence-corrected chi connectivity index (χ0v) is 14.6. The first kappa shape index (κ1) is 18.4. The van der Waals surface area contributed by atoms with E-state index in [0.29, 0.717) is 26.1 Å². The number of rotatable bonds is 10. The molecule has 2 N–H and O–H groups in total. The van der Waals surface area contributed by atoms with Gasteiger partial charge in [-0.2, -0.15) is 0 Å². The van der Waals surface area contributed by atoms with Gasteiger partial charge in [-0.1, -0.05) is 12.1 Å². The highest BCUT2D eigenvalue weighted by atomic mass is 16.5. The van der Waals surface area contributed by atoms with Gasteiger partial charge in [0.2, 0.25) is 5.91 Å². The van der Waals surface area contributed by atoms with E-state index in [0.717, 1.165) is 22.9 Å². The van der Waals surface area contributed by atoms with Crippen LogP contribution in [0.5, 0.6) is 17.2 Å². The molecule has 0 spiro atoms. The highest BCUT2D eigenvalue weighted by molar-refractivity contribution is 5.76. The lowest BCUT2D eigenvalue weighted by atomic mass is 10.3. The molecule has 6 nitrogen and oxygen atoms in total. The average Bonchev–Trinajstić information content (AvgIpc) is 2.66. The smallest absolute Gasteiger partial charge is 0.221 e. The Morgan fingerprint density at radius 1 is 0.920 bits per heavy atom. The molecule has 0 fully saturated rings. The van der Waals surface area contributed by atoms with Crippen LogP contribution < -0.4 is 24.8 Å². The highest BCUT2D eigenvalue weighted by Gasteiger charge is 2.04. The van der Waals surface area contributed by atoms with Gasteiger partial charge in [0.1, 0.15) is 23.9 Å². The molecule has 1 amide bonds. The fourth-order valence-electron chi connectivity index (χ4n) is 2.22. The summed E-state index contributed by atoms with van der Waals surface area (Å²) in [6.45, 7) is 1.41. The summed E-state index contributed by atoms with van der Waals surface area (Å²) in [7, 11) is 3.24. The summed E-state index contributed by atoms with van der Waals surface area (Å²) in [6, 6.07) is 14.9. The minimum atomic E-state index is -0.0271. The number of hydrogen-bond acceptors (Lipinski definition) is 5. The average molecular weight is 344 g/mol. The molecular formula is C19H24N2O4. The Labute approximate surface area is 148 Å². The van der Waals surface area contributed by atoms with Crippen molar-refractivity contribution in [1.82, 2.24) is 5.32 Å². The molecule has 0 saturated carbocycles. The van der Waals surface area contributed by atoms with Gasteiger partial charge in [-0.25, -0.2) is 0 Å². The molecule has 0 saturated heterocycles. The lowest BCUT2D eigenvalue weighted by Crippen LogP contribution is -2.29. The molecule has 0 atom stereocenters. The molecule has 0 aromatic heterocycles. The van der Waals surface area contributed by atoms with Crippen LogP contribution >= 0.6 is 0 Å². The second-order valence-corrected chi connectivity index (χ2v) is 5.25. The van der Waals surface area contributed by atoms with Gasteiger partial charge >= 0.3 is 0 Å². The number of anilines is 1. The predicted molar refractivity (Wildman–Crippen MR) is 97.6 cm³/mol. The van der Waals surface area contributed by atoms with Gasteiger partial charge in [-0.3, -0.25) is 4.79 Å². The summed E-state index contributed by atoms with van der Waals surface area (Å²) in [5.41, 5.74) is 0.876. The Morgan fingerprint density at radius 3 is 2.36 bits per heavy atom. The van der Waals surface area contributed by atoms with Gasteiger partial charge in [-0.05, 0) is 36.4 Å². The van der Waals surface area contributed by atoms with Gasteiger partial charge in [0.25, 0.3) is 0 Å². The zero-order valence-electron chi connectivity index (χ0n) is 14.6. The van der Waals surface area contributed by atoms with Crippen molar-refractivity contribution < 1.29 is 19.0 Å². The van der Waals surface area contributed by atoms with Crippen molar-refractivity contribution in [2.24, 2.45) is 0 Å². The van der Waals surface area contributed by atoms with Crippen LogP contribution in [-0.2, 0) is 4.79 Å². The van der Waals surface area contributed by atoms with E-state index in [9.17, 15) is 4.79 Å². The van der Waals surface area contributed by atoms with Crippen LogP contribution in [0.4, 0.5) is 5.69 Å². The number of methoxy groups -OCH3 is 2. The Balaban J connectivity index is 1.60. The van der Waals surface area contributed by atoms with Gasteiger partial charge < -0.3 is 24.8 Å². The molecule has 0 bridgehead atoms. The number of carbonyl (C=O) groups excluding carboxylic acids is 1. The number of ether oxygens (including phenoxy) is 3. The molecule has 6 heteroatoms. The van der Waals surface area contributed by atoms with Crippen molar-refractivity contribution in [1.29, 1.82) is 0 Å². The minimum Gasteiger partial charge on any atom is -0.497 e. The largest absolute Gasteiger partial charge is 0.497 e. The molecule has 0 heterocycles. The predicted octanol–water partition coefficient (Wildman–Crippen LogP) is 2.70. The Hall–Kier alpha value is -2.89. The second kappa shape index (κ2) is 10.1. The van der Waals surface area contributed by atoms with Crippen LogP contribution in [0.15, 0.2) is 48.5 Å². The lowest BCUT2D eigenvalue weighted by molar-refractivity contribution is -0.120. The van der Waals surface area contributed by atoms with Gasteiger partial charge in [0.05, 0.1) is 26.5 Å². The maximum atomic E-state index is 11.8. The molecule has 25 heavy (non-hydrogen) atoms. The van der Waals surface area contributed by atoms with Crippen molar-refractivity contribution in [3.63, 3.8) is 0 Å². The molecule has 134 valence electrons. The second-order valence-electron chi connectivity index (χ2n) is 5.25. The van der Waals surface area contributed by atoms with E-state index in [1.54, 1.807) is 14.2 Å². The summed E-state index contributed by atoms with van der Waals surface area (Å²) in [5.74, 6) is 2.26. The third-order valence-electron chi connectivity index (χ3n) is 3.53. The van der Waals surface area contributed by atoms with Crippen molar-refractivity contribution in [2.75, 3.05) is 39.2 Å². The Kier molecular flexibility index (Phi) is 7.43. The molecular weight excluding hydrogens is 320 g/mol. The zero-order chi connectivity index (χ0) is 17.9. The fraction of sp³-hybridized carbons (Fsp3) is 0.316. The van der Waals surface area contributed by atoms with Crippen LogP contribution in [0.25, 0.3) is 0 Å². The Bertz CT molecular complexity index is 659. The van der Waals surface area contributed by atoms with E-state index in [-0.39, 0.29) is 5.91 Å². The normalized spacial score (nSPS) is 10.0. The van der Waals surface area contributed by atoms with Crippen LogP contribution in [0.1, 0.15) is 6.42 Å². The van der Waals surface area contributed by atoms with Crippen LogP contribution in [0.3, 0.4) is 0 Å². The number of amides is 1. The van der Waals surface area contributed by atoms with Crippen LogP contribution in [0.2, 0.25) is 0 Å². The first-order valence-corrected chi connectivity index (χ1v) is 8.13. The quantitative estimate of drug-likeness (QED) is 0.649. The third-order valence-corrected chi connectivity index (χ3v) is 3.53. The standard InChI is InChI=1S/C19H24N2O4/c1-23-15-7-9-16(10-8-15)25-14-13-21-19(22)11-12-20-17-5-3-4-6-18(17)24-2/h3-10,20H,11-14H2,1-2H3,(H,21,22). The number of carbonyl (C=O) groups is 1. The molecule has 2 aromatic rings. The van der Waals surface area contributed by atoms with Crippen LogP contribution in [-0.4, -0.2) is 39.8 Å². The van der Waals surface area contributed by atoms with E-state index in [1.165, 1.54) is 0 Å².